The van der Waals surface area contributed by atoms with Crippen molar-refractivity contribution in [3.05, 3.63) is 38.7 Å². The largest absolute Gasteiger partial charge is 0.469 e. The van der Waals surface area contributed by atoms with Crippen molar-refractivity contribution >= 4 is 22.9 Å². The molecule has 10 heteroatoms. The zero-order valence-corrected chi connectivity index (χ0v) is 17.0. The van der Waals surface area contributed by atoms with Gasteiger partial charge < -0.3 is 9.64 Å². The number of pyridine rings is 1. The number of carbonyl (C=O) groups excluding carboxylic acids is 2. The molecule has 1 aliphatic rings. The third kappa shape index (κ3) is 3.93. The summed E-state index contributed by atoms with van der Waals surface area (Å²) in [4.78, 5) is 56.8. The highest BCUT2D eigenvalue weighted by atomic mass is 16.5. The SMILES string of the molecule is COC(=O)CCN1CCN(C(=O)c2cnc3c(c2)c(=O)n(C)c(=O)n3C)C[C@@H]1C. The van der Waals surface area contributed by atoms with Gasteiger partial charge in [-0.1, -0.05) is 0 Å². The highest BCUT2D eigenvalue weighted by Gasteiger charge is 2.28. The van der Waals surface area contributed by atoms with E-state index in [1.165, 1.54) is 38.0 Å². The first-order valence-electron chi connectivity index (χ1n) is 9.40. The number of methoxy groups -OCH3 is 1. The lowest BCUT2D eigenvalue weighted by Crippen LogP contribution is -2.54. The van der Waals surface area contributed by atoms with Crippen LogP contribution in [0, 0.1) is 0 Å². The summed E-state index contributed by atoms with van der Waals surface area (Å²) in [6, 6.07) is 1.58. The molecule has 1 amide bonds. The van der Waals surface area contributed by atoms with Gasteiger partial charge in [0.25, 0.3) is 11.5 Å². The van der Waals surface area contributed by atoms with Gasteiger partial charge in [0.05, 0.1) is 24.5 Å². The molecule has 1 atom stereocenters. The zero-order valence-electron chi connectivity index (χ0n) is 17.0. The molecule has 0 spiro atoms. The molecule has 29 heavy (non-hydrogen) atoms. The van der Waals surface area contributed by atoms with Gasteiger partial charge in [-0.2, -0.15) is 0 Å². The summed E-state index contributed by atoms with van der Waals surface area (Å²) in [6.45, 7) is 4.23. The van der Waals surface area contributed by atoms with Gasteiger partial charge in [-0.3, -0.25) is 28.4 Å². The van der Waals surface area contributed by atoms with E-state index < -0.39 is 11.2 Å². The van der Waals surface area contributed by atoms with Crippen LogP contribution >= 0.6 is 0 Å². The molecule has 0 N–H and O–H groups in total. The number of carbonyl (C=O) groups is 2. The Morgan fingerprint density at radius 3 is 2.59 bits per heavy atom. The molecule has 156 valence electrons. The Morgan fingerprint density at radius 1 is 1.21 bits per heavy atom. The molecular weight excluding hydrogens is 378 g/mol. The van der Waals surface area contributed by atoms with Crippen molar-refractivity contribution in [2.45, 2.75) is 19.4 Å². The number of aromatic nitrogens is 3. The average Bonchev–Trinajstić information content (AvgIpc) is 2.74. The number of hydrogen-bond donors (Lipinski definition) is 0. The number of ether oxygens (including phenoxy) is 1. The van der Waals surface area contributed by atoms with Crippen molar-refractivity contribution in [1.82, 2.24) is 23.9 Å². The van der Waals surface area contributed by atoms with Gasteiger partial charge in [0.15, 0.2) is 0 Å². The van der Waals surface area contributed by atoms with E-state index in [0.29, 0.717) is 38.2 Å². The van der Waals surface area contributed by atoms with Gasteiger partial charge in [0.1, 0.15) is 5.65 Å². The number of amides is 1. The second-order valence-electron chi connectivity index (χ2n) is 7.26. The molecule has 2 aromatic heterocycles. The van der Waals surface area contributed by atoms with Crippen LogP contribution in [-0.4, -0.2) is 75.1 Å². The van der Waals surface area contributed by atoms with E-state index in [2.05, 4.69) is 14.6 Å². The summed E-state index contributed by atoms with van der Waals surface area (Å²) < 4.78 is 6.96. The monoisotopic (exact) mass is 403 g/mol. The van der Waals surface area contributed by atoms with E-state index in [1.54, 1.807) is 4.90 Å². The summed E-state index contributed by atoms with van der Waals surface area (Å²) in [5.74, 6) is -0.469. The maximum absolute atomic E-state index is 13.0. The topological polar surface area (TPSA) is 107 Å². The second-order valence-corrected chi connectivity index (χ2v) is 7.26. The molecular formula is C19H25N5O5. The number of nitrogens with zero attached hydrogens (tertiary/aromatic N) is 5. The first kappa shape index (κ1) is 20.7. The molecule has 0 aromatic carbocycles. The third-order valence-corrected chi connectivity index (χ3v) is 5.42. The summed E-state index contributed by atoms with van der Waals surface area (Å²) in [7, 11) is 4.30. The minimum Gasteiger partial charge on any atom is -0.469 e. The minimum absolute atomic E-state index is 0.0828. The molecule has 0 bridgehead atoms. The van der Waals surface area contributed by atoms with Crippen LogP contribution in [-0.2, 0) is 23.6 Å². The van der Waals surface area contributed by atoms with Crippen LogP contribution in [0.3, 0.4) is 0 Å². The molecule has 10 nitrogen and oxygen atoms in total. The summed E-state index contributed by atoms with van der Waals surface area (Å²) >= 11 is 0. The zero-order chi connectivity index (χ0) is 21.3. The minimum atomic E-state index is -0.480. The molecule has 3 heterocycles. The van der Waals surface area contributed by atoms with Crippen molar-refractivity contribution in [2.75, 3.05) is 33.3 Å². The molecule has 1 fully saturated rings. The van der Waals surface area contributed by atoms with Crippen molar-refractivity contribution < 1.29 is 14.3 Å². The Kier molecular flexibility index (Phi) is 5.83. The van der Waals surface area contributed by atoms with Crippen LogP contribution in [0.5, 0.6) is 0 Å². The second kappa shape index (κ2) is 8.16. The predicted octanol–water partition coefficient (Wildman–Crippen LogP) is -0.658. The standard InChI is InChI=1S/C19H25N5O5/c1-12-11-24(8-7-23(12)6-5-15(25)29-4)17(26)13-9-14-16(20-10-13)21(2)19(28)22(3)18(14)27/h9-10,12H,5-8,11H2,1-4H3/t12-/m0/s1. The Morgan fingerprint density at radius 2 is 1.93 bits per heavy atom. The first-order valence-corrected chi connectivity index (χ1v) is 9.40. The molecule has 0 aliphatic carbocycles. The summed E-state index contributed by atoms with van der Waals surface area (Å²) in [5, 5.41) is 0.227. The molecule has 0 radical (unpaired) electrons. The molecule has 3 rings (SSSR count). The Balaban J connectivity index is 1.79. The number of rotatable bonds is 4. The smallest absolute Gasteiger partial charge is 0.332 e. The molecule has 2 aromatic rings. The Hall–Kier alpha value is -3.01. The van der Waals surface area contributed by atoms with Crippen molar-refractivity contribution in [3.63, 3.8) is 0 Å². The van der Waals surface area contributed by atoms with E-state index in [4.69, 9.17) is 0 Å². The molecule has 0 unspecified atom stereocenters. The van der Waals surface area contributed by atoms with Gasteiger partial charge in [-0.25, -0.2) is 9.78 Å². The maximum atomic E-state index is 13.0. The first-order chi connectivity index (χ1) is 13.7. The number of piperazine rings is 1. The fourth-order valence-corrected chi connectivity index (χ4v) is 3.61. The highest BCUT2D eigenvalue weighted by molar-refractivity contribution is 5.96. The van der Waals surface area contributed by atoms with E-state index in [-0.39, 0.29) is 29.0 Å². The quantitative estimate of drug-likeness (QED) is 0.624. The maximum Gasteiger partial charge on any atom is 0.332 e. The van der Waals surface area contributed by atoms with E-state index in [0.717, 1.165) is 4.57 Å². The predicted molar refractivity (Wildman–Crippen MR) is 106 cm³/mol. The fourth-order valence-electron chi connectivity index (χ4n) is 3.61. The molecule has 1 aliphatic heterocycles. The molecule has 0 saturated carbocycles. The van der Waals surface area contributed by atoms with Gasteiger partial charge in [-0.05, 0) is 13.0 Å². The van der Waals surface area contributed by atoms with Crippen molar-refractivity contribution in [1.29, 1.82) is 0 Å². The highest BCUT2D eigenvalue weighted by Crippen LogP contribution is 2.15. The molecule has 1 saturated heterocycles. The lowest BCUT2D eigenvalue weighted by Gasteiger charge is -2.39. The van der Waals surface area contributed by atoms with Crippen LogP contribution in [0.2, 0.25) is 0 Å². The van der Waals surface area contributed by atoms with E-state index >= 15 is 0 Å². The summed E-state index contributed by atoms with van der Waals surface area (Å²) in [6.07, 6.45) is 1.71. The number of fused-ring (bicyclic) bond motifs is 1. The normalized spacial score (nSPS) is 17.5. The van der Waals surface area contributed by atoms with Gasteiger partial charge in [0.2, 0.25) is 0 Å². The van der Waals surface area contributed by atoms with Crippen LogP contribution in [0.25, 0.3) is 11.0 Å². The number of esters is 1. The van der Waals surface area contributed by atoms with E-state index in [9.17, 15) is 19.2 Å². The average molecular weight is 403 g/mol. The lowest BCUT2D eigenvalue weighted by molar-refractivity contribution is -0.141. The van der Waals surface area contributed by atoms with Gasteiger partial charge >= 0.3 is 11.7 Å². The Labute approximate surface area is 167 Å². The third-order valence-electron chi connectivity index (χ3n) is 5.42. The number of aryl methyl sites for hydroxylation is 1. The fraction of sp³-hybridized carbons (Fsp3) is 0.526. The van der Waals surface area contributed by atoms with Crippen LogP contribution in [0.15, 0.2) is 21.9 Å². The summed E-state index contributed by atoms with van der Waals surface area (Å²) in [5.41, 5.74) is -0.392. The van der Waals surface area contributed by atoms with Gasteiger partial charge in [0, 0.05) is 52.5 Å². The van der Waals surface area contributed by atoms with Crippen molar-refractivity contribution in [3.8, 4) is 0 Å². The van der Waals surface area contributed by atoms with Gasteiger partial charge in [-0.15, -0.1) is 0 Å². The number of hydrogen-bond acceptors (Lipinski definition) is 7. The van der Waals surface area contributed by atoms with Crippen LogP contribution < -0.4 is 11.2 Å². The van der Waals surface area contributed by atoms with Crippen molar-refractivity contribution in [2.24, 2.45) is 14.1 Å². The van der Waals surface area contributed by atoms with Crippen LogP contribution in [0.4, 0.5) is 0 Å². The van der Waals surface area contributed by atoms with Crippen LogP contribution in [0.1, 0.15) is 23.7 Å². The Bertz CT molecular complexity index is 1070. The lowest BCUT2D eigenvalue weighted by atomic mass is 10.1. The van der Waals surface area contributed by atoms with E-state index in [1.807, 2.05) is 6.92 Å².